The van der Waals surface area contributed by atoms with E-state index in [0.29, 0.717) is 24.9 Å². The van der Waals surface area contributed by atoms with Crippen molar-refractivity contribution in [2.75, 3.05) is 6.54 Å². The van der Waals surface area contributed by atoms with E-state index in [1.807, 2.05) is 24.3 Å². The van der Waals surface area contributed by atoms with Gasteiger partial charge in [-0.15, -0.1) is 0 Å². The van der Waals surface area contributed by atoms with Crippen LogP contribution in [0.1, 0.15) is 49.7 Å². The lowest BCUT2D eigenvalue weighted by molar-refractivity contribution is -0.136. The third-order valence-corrected chi connectivity index (χ3v) is 5.18. The van der Waals surface area contributed by atoms with Gasteiger partial charge in [0.1, 0.15) is 0 Å². The topological polar surface area (TPSA) is 46.3 Å². The summed E-state index contributed by atoms with van der Waals surface area (Å²) in [6, 6.07) is 8.67. The maximum Gasteiger partial charge on any atom is 0.227 e. The molecule has 1 heterocycles. The summed E-state index contributed by atoms with van der Waals surface area (Å²) >= 11 is 0. The lowest BCUT2D eigenvalue weighted by Crippen LogP contribution is -2.50. The van der Waals surface area contributed by atoms with Crippen LogP contribution in [0.3, 0.4) is 0 Å². The second-order valence-corrected chi connectivity index (χ2v) is 6.54. The van der Waals surface area contributed by atoms with E-state index in [-0.39, 0.29) is 0 Å². The van der Waals surface area contributed by atoms with E-state index in [1.54, 1.807) is 0 Å². The fourth-order valence-corrected chi connectivity index (χ4v) is 4.00. The number of nitrogens with zero attached hydrogens (tertiary/aromatic N) is 1. The number of fused-ring (bicyclic) bond motifs is 1. The molecule has 1 aromatic carbocycles. The summed E-state index contributed by atoms with van der Waals surface area (Å²) in [7, 11) is 0. The van der Waals surface area contributed by atoms with Gasteiger partial charge < -0.3 is 10.6 Å². The molecular formula is C18H26N2O. The van der Waals surface area contributed by atoms with E-state index in [4.69, 9.17) is 5.73 Å². The van der Waals surface area contributed by atoms with Gasteiger partial charge in [-0.1, -0.05) is 37.1 Å². The van der Waals surface area contributed by atoms with E-state index < -0.39 is 0 Å². The molecule has 2 fully saturated rings. The van der Waals surface area contributed by atoms with Gasteiger partial charge >= 0.3 is 0 Å². The van der Waals surface area contributed by atoms with Gasteiger partial charge in [0.2, 0.25) is 5.91 Å². The Morgan fingerprint density at radius 3 is 2.48 bits per heavy atom. The highest BCUT2D eigenvalue weighted by atomic mass is 16.2. The average molecular weight is 286 g/mol. The van der Waals surface area contributed by atoms with Gasteiger partial charge in [0.05, 0.1) is 6.42 Å². The van der Waals surface area contributed by atoms with Crippen LogP contribution in [-0.2, 0) is 17.8 Å². The van der Waals surface area contributed by atoms with Gasteiger partial charge in [-0.2, -0.15) is 0 Å². The number of carbonyl (C=O) groups is 1. The van der Waals surface area contributed by atoms with E-state index in [9.17, 15) is 4.79 Å². The van der Waals surface area contributed by atoms with Gasteiger partial charge in [-0.25, -0.2) is 0 Å². The van der Waals surface area contributed by atoms with Crippen molar-refractivity contribution >= 4 is 5.91 Å². The smallest absolute Gasteiger partial charge is 0.227 e. The predicted octanol–water partition coefficient (Wildman–Crippen LogP) is 2.87. The number of likely N-dealkylation sites (tertiary alicyclic amines) is 1. The molecule has 0 radical (unpaired) electrons. The first-order valence-corrected chi connectivity index (χ1v) is 8.35. The molecule has 3 heteroatoms. The van der Waals surface area contributed by atoms with Gasteiger partial charge in [0, 0.05) is 19.1 Å². The Hall–Kier alpha value is -1.35. The first kappa shape index (κ1) is 14.6. The molecule has 1 saturated carbocycles. The molecule has 0 aromatic heterocycles. The van der Waals surface area contributed by atoms with Crippen molar-refractivity contribution in [3.05, 3.63) is 35.4 Å². The highest BCUT2D eigenvalue weighted by Gasteiger charge is 2.35. The van der Waals surface area contributed by atoms with Crippen LogP contribution in [0.5, 0.6) is 0 Å². The second-order valence-electron chi connectivity index (χ2n) is 6.54. The summed E-state index contributed by atoms with van der Waals surface area (Å²) < 4.78 is 0. The van der Waals surface area contributed by atoms with Crippen LogP contribution in [0.25, 0.3) is 0 Å². The Labute approximate surface area is 127 Å². The Balaban J connectivity index is 1.65. The molecule has 2 N–H and O–H groups in total. The predicted molar refractivity (Wildman–Crippen MR) is 84.7 cm³/mol. The van der Waals surface area contributed by atoms with E-state index >= 15 is 0 Å². The van der Waals surface area contributed by atoms with Crippen LogP contribution in [0, 0.1) is 5.92 Å². The molecule has 1 aromatic rings. The van der Waals surface area contributed by atoms with E-state index in [2.05, 4.69) is 4.90 Å². The molecule has 1 aliphatic carbocycles. The highest BCUT2D eigenvalue weighted by Crippen LogP contribution is 2.35. The Morgan fingerprint density at radius 2 is 1.71 bits per heavy atom. The first-order valence-electron chi connectivity index (χ1n) is 8.35. The third kappa shape index (κ3) is 3.29. The summed E-state index contributed by atoms with van der Waals surface area (Å²) in [4.78, 5) is 14.9. The molecule has 2 atom stereocenters. The largest absolute Gasteiger partial charge is 0.339 e. The third-order valence-electron chi connectivity index (χ3n) is 5.18. The molecule has 0 bridgehead atoms. The molecule has 1 amide bonds. The molecule has 1 aliphatic heterocycles. The lowest BCUT2D eigenvalue weighted by atomic mass is 9.78. The standard InChI is InChI=1S/C18H26N2O/c19-13-15-9-7-14(8-10-15)12-18(21)20-11-3-5-16-4-1-2-6-17(16)20/h7-10,16-17H,1-6,11-13,19H2/t16-,17-/m1/s1. The first-order chi connectivity index (χ1) is 10.3. The zero-order valence-electron chi connectivity index (χ0n) is 12.8. The second kappa shape index (κ2) is 6.61. The maximum absolute atomic E-state index is 12.7. The molecule has 114 valence electrons. The fourth-order valence-electron chi connectivity index (χ4n) is 4.00. The van der Waals surface area contributed by atoms with Crippen LogP contribution >= 0.6 is 0 Å². The molecule has 2 aliphatic rings. The van der Waals surface area contributed by atoms with Crippen molar-refractivity contribution in [3.8, 4) is 0 Å². The lowest BCUT2D eigenvalue weighted by Gasteiger charge is -2.44. The molecule has 1 saturated heterocycles. The maximum atomic E-state index is 12.7. The van der Waals surface area contributed by atoms with Crippen LogP contribution in [0.2, 0.25) is 0 Å². The van der Waals surface area contributed by atoms with Crippen molar-refractivity contribution in [3.63, 3.8) is 0 Å². The number of carbonyl (C=O) groups excluding carboxylic acids is 1. The fraction of sp³-hybridized carbons (Fsp3) is 0.611. The van der Waals surface area contributed by atoms with Crippen LogP contribution < -0.4 is 5.73 Å². The minimum atomic E-state index is 0.312. The van der Waals surface area contributed by atoms with Crippen molar-refractivity contribution in [1.82, 2.24) is 4.90 Å². The number of benzene rings is 1. The number of hydrogen-bond acceptors (Lipinski definition) is 2. The molecule has 0 unspecified atom stereocenters. The molecule has 21 heavy (non-hydrogen) atoms. The monoisotopic (exact) mass is 286 g/mol. The van der Waals surface area contributed by atoms with Gasteiger partial charge in [0.15, 0.2) is 0 Å². The number of hydrogen-bond donors (Lipinski definition) is 1. The summed E-state index contributed by atoms with van der Waals surface area (Å²) in [5.74, 6) is 1.07. The summed E-state index contributed by atoms with van der Waals surface area (Å²) in [6.45, 7) is 1.52. The Bertz CT molecular complexity index is 480. The highest BCUT2D eigenvalue weighted by molar-refractivity contribution is 5.79. The SMILES string of the molecule is NCc1ccc(CC(=O)N2CCC[C@H]3CCCC[C@H]32)cc1. The van der Waals surface area contributed by atoms with E-state index in [1.165, 1.54) is 38.5 Å². The van der Waals surface area contributed by atoms with Crippen LogP contribution in [0.15, 0.2) is 24.3 Å². The average Bonchev–Trinajstić information content (AvgIpc) is 2.55. The number of piperidine rings is 1. The summed E-state index contributed by atoms with van der Waals surface area (Å²) in [6.07, 6.45) is 8.20. The Kier molecular flexibility index (Phi) is 4.59. The van der Waals surface area contributed by atoms with Crippen molar-refractivity contribution < 1.29 is 4.79 Å². The zero-order valence-corrected chi connectivity index (χ0v) is 12.8. The van der Waals surface area contributed by atoms with Crippen molar-refractivity contribution in [2.24, 2.45) is 11.7 Å². The number of rotatable bonds is 3. The van der Waals surface area contributed by atoms with Gasteiger partial charge in [-0.05, 0) is 42.7 Å². The molecular weight excluding hydrogens is 260 g/mol. The summed E-state index contributed by atoms with van der Waals surface area (Å²) in [5.41, 5.74) is 7.84. The van der Waals surface area contributed by atoms with Crippen molar-refractivity contribution in [1.29, 1.82) is 0 Å². The van der Waals surface area contributed by atoms with Crippen LogP contribution in [-0.4, -0.2) is 23.4 Å². The Morgan fingerprint density at radius 1 is 1.05 bits per heavy atom. The minimum Gasteiger partial charge on any atom is -0.339 e. The molecule has 3 rings (SSSR count). The normalized spacial score (nSPS) is 25.5. The minimum absolute atomic E-state index is 0.312. The number of nitrogens with two attached hydrogens (primary N) is 1. The van der Waals surface area contributed by atoms with Gasteiger partial charge in [-0.3, -0.25) is 4.79 Å². The zero-order chi connectivity index (χ0) is 14.7. The quantitative estimate of drug-likeness (QED) is 0.928. The van der Waals surface area contributed by atoms with Crippen molar-refractivity contribution in [2.45, 2.75) is 57.5 Å². The number of amides is 1. The molecule has 0 spiro atoms. The molecule has 3 nitrogen and oxygen atoms in total. The van der Waals surface area contributed by atoms with E-state index in [0.717, 1.165) is 23.6 Å². The van der Waals surface area contributed by atoms with Gasteiger partial charge in [0.25, 0.3) is 0 Å². The van der Waals surface area contributed by atoms with Crippen LogP contribution in [0.4, 0.5) is 0 Å². The summed E-state index contributed by atoms with van der Waals surface area (Å²) in [5, 5.41) is 0.